The minimum Gasteiger partial charge on any atom is -0.497 e. The first-order valence-electron chi connectivity index (χ1n) is 12.2. The van der Waals surface area contributed by atoms with Crippen LogP contribution in [0.25, 0.3) is 0 Å². The quantitative estimate of drug-likeness (QED) is 0.462. The van der Waals surface area contributed by atoms with Gasteiger partial charge in [0.15, 0.2) is 0 Å². The van der Waals surface area contributed by atoms with E-state index >= 15 is 0 Å². The lowest BCUT2D eigenvalue weighted by atomic mass is 10.1. The monoisotopic (exact) mass is 517 g/mol. The summed E-state index contributed by atoms with van der Waals surface area (Å²) < 4.78 is 32.1. The van der Waals surface area contributed by atoms with Crippen LogP contribution in [0.15, 0.2) is 42.5 Å². The van der Waals surface area contributed by atoms with E-state index < -0.39 is 28.5 Å². The van der Waals surface area contributed by atoms with Gasteiger partial charge in [-0.1, -0.05) is 38.1 Å². The average molecular weight is 518 g/mol. The highest BCUT2D eigenvalue weighted by molar-refractivity contribution is 7.92. The number of aryl methyl sites for hydroxylation is 1. The molecule has 2 aromatic carbocycles. The maximum absolute atomic E-state index is 13.8. The summed E-state index contributed by atoms with van der Waals surface area (Å²) in [4.78, 5) is 28.5. The van der Waals surface area contributed by atoms with Crippen molar-refractivity contribution in [3.05, 3.63) is 59.2 Å². The number of carbonyl (C=O) groups excluding carboxylic acids is 2. The van der Waals surface area contributed by atoms with Crippen LogP contribution in [0.2, 0.25) is 0 Å². The molecule has 198 valence electrons. The number of ether oxygens (including phenoxy) is 1. The first-order valence-corrected chi connectivity index (χ1v) is 14.0. The summed E-state index contributed by atoms with van der Waals surface area (Å²) in [6, 6.07) is 11.8. The lowest BCUT2D eigenvalue weighted by Crippen LogP contribution is -2.53. The molecule has 0 bridgehead atoms. The third-order valence-corrected chi connectivity index (χ3v) is 7.52. The Bertz CT molecular complexity index is 1170. The molecule has 0 saturated carbocycles. The van der Waals surface area contributed by atoms with E-state index in [1.807, 2.05) is 52.8 Å². The van der Waals surface area contributed by atoms with Crippen molar-refractivity contribution in [2.24, 2.45) is 0 Å². The van der Waals surface area contributed by atoms with Crippen molar-refractivity contribution < 1.29 is 22.7 Å². The molecule has 2 atom stereocenters. The molecule has 36 heavy (non-hydrogen) atoms. The number of methoxy groups -OCH3 is 1. The summed E-state index contributed by atoms with van der Waals surface area (Å²) in [5.74, 6) is -0.0961. The largest absolute Gasteiger partial charge is 0.497 e. The second-order valence-corrected chi connectivity index (χ2v) is 11.0. The summed E-state index contributed by atoms with van der Waals surface area (Å²) in [5, 5.41) is 2.97. The predicted octanol–water partition coefficient (Wildman–Crippen LogP) is 3.80. The van der Waals surface area contributed by atoms with Crippen molar-refractivity contribution in [2.45, 2.75) is 66.1 Å². The molecule has 8 nitrogen and oxygen atoms in total. The van der Waals surface area contributed by atoms with Gasteiger partial charge in [-0.05, 0) is 68.5 Å². The number of amides is 2. The Balaban J connectivity index is 2.50. The molecule has 2 rings (SSSR count). The fourth-order valence-corrected chi connectivity index (χ4v) is 4.83. The van der Waals surface area contributed by atoms with Crippen LogP contribution in [0.5, 0.6) is 5.75 Å². The lowest BCUT2D eigenvalue weighted by molar-refractivity contribution is -0.140. The molecule has 0 aliphatic carbocycles. The van der Waals surface area contributed by atoms with Gasteiger partial charge in [0.25, 0.3) is 0 Å². The van der Waals surface area contributed by atoms with Gasteiger partial charge in [-0.3, -0.25) is 13.9 Å². The lowest BCUT2D eigenvalue weighted by Gasteiger charge is -2.33. The van der Waals surface area contributed by atoms with E-state index in [0.717, 1.165) is 33.7 Å². The van der Waals surface area contributed by atoms with Crippen LogP contribution in [0.4, 0.5) is 5.69 Å². The molecule has 2 aromatic rings. The molecule has 0 fully saturated rings. The molecule has 0 spiro atoms. The number of nitrogens with zero attached hydrogens (tertiary/aromatic N) is 2. The Labute approximate surface area is 215 Å². The molecule has 0 aliphatic rings. The Kier molecular flexibility index (Phi) is 10.3. The molecular weight excluding hydrogens is 478 g/mol. The van der Waals surface area contributed by atoms with Crippen molar-refractivity contribution in [1.82, 2.24) is 10.2 Å². The van der Waals surface area contributed by atoms with Crippen LogP contribution in [-0.4, -0.2) is 57.1 Å². The van der Waals surface area contributed by atoms with E-state index in [-0.39, 0.29) is 18.5 Å². The minimum atomic E-state index is -3.78. The molecule has 2 amide bonds. The van der Waals surface area contributed by atoms with Crippen molar-refractivity contribution in [1.29, 1.82) is 0 Å². The summed E-state index contributed by atoms with van der Waals surface area (Å²) in [6.45, 7) is 9.15. The number of anilines is 1. The Morgan fingerprint density at radius 3 is 2.31 bits per heavy atom. The first kappa shape index (κ1) is 29.2. The second kappa shape index (κ2) is 12.8. The Hall–Kier alpha value is -3.07. The van der Waals surface area contributed by atoms with Crippen LogP contribution < -0.4 is 14.4 Å². The average Bonchev–Trinajstić information content (AvgIpc) is 2.83. The van der Waals surface area contributed by atoms with Crippen molar-refractivity contribution in [3.63, 3.8) is 0 Å². The fraction of sp³-hybridized carbons (Fsp3) is 0.481. The number of nitrogens with one attached hydrogen (secondary N) is 1. The number of rotatable bonds is 12. The number of carbonyl (C=O) groups is 2. The van der Waals surface area contributed by atoms with E-state index in [2.05, 4.69) is 5.32 Å². The first-order chi connectivity index (χ1) is 16.9. The van der Waals surface area contributed by atoms with Crippen LogP contribution in [0, 0.1) is 13.8 Å². The van der Waals surface area contributed by atoms with Crippen molar-refractivity contribution in [2.75, 3.05) is 24.2 Å². The zero-order chi connectivity index (χ0) is 27.0. The summed E-state index contributed by atoms with van der Waals surface area (Å²) in [7, 11) is -2.22. The number of sulfonamides is 1. The molecule has 0 aromatic heterocycles. The van der Waals surface area contributed by atoms with Gasteiger partial charge in [0.05, 0.1) is 19.1 Å². The molecule has 0 unspecified atom stereocenters. The van der Waals surface area contributed by atoms with Crippen molar-refractivity contribution >= 4 is 27.5 Å². The highest BCUT2D eigenvalue weighted by atomic mass is 32.2. The number of hydrogen-bond acceptors (Lipinski definition) is 5. The SMILES string of the molecule is CC[C@@H](C)NC(=O)[C@@H](CC)N(Cc1cccc(OC)c1)C(=O)CN(c1cccc(C)c1C)S(C)(=O)=O. The summed E-state index contributed by atoms with van der Waals surface area (Å²) >= 11 is 0. The van der Waals surface area contributed by atoms with E-state index in [9.17, 15) is 18.0 Å². The molecule has 1 N–H and O–H groups in total. The van der Waals surface area contributed by atoms with Gasteiger partial charge in [-0.25, -0.2) is 8.42 Å². The smallest absolute Gasteiger partial charge is 0.244 e. The molecule has 0 radical (unpaired) electrons. The van der Waals surface area contributed by atoms with Gasteiger partial charge in [0.2, 0.25) is 21.8 Å². The highest BCUT2D eigenvalue weighted by Crippen LogP contribution is 2.26. The maximum atomic E-state index is 13.8. The zero-order valence-corrected chi connectivity index (χ0v) is 23.2. The Morgan fingerprint density at radius 1 is 1.06 bits per heavy atom. The van der Waals surface area contributed by atoms with Gasteiger partial charge >= 0.3 is 0 Å². The van der Waals surface area contributed by atoms with E-state index in [1.165, 1.54) is 4.90 Å². The number of benzene rings is 2. The third kappa shape index (κ3) is 7.46. The highest BCUT2D eigenvalue weighted by Gasteiger charge is 2.32. The van der Waals surface area contributed by atoms with Crippen LogP contribution >= 0.6 is 0 Å². The van der Waals surface area contributed by atoms with E-state index in [4.69, 9.17) is 4.74 Å². The molecule has 9 heteroatoms. The standard InChI is InChI=1S/C27H39N3O5S/c1-8-20(4)28-27(32)24(9-2)29(17-22-13-11-14-23(16-22)35-6)26(31)18-30(36(7,33)34)25-15-10-12-19(3)21(25)5/h10-16,20,24H,8-9,17-18H2,1-7H3,(H,28,32)/t20-,24-/m1/s1. The van der Waals surface area contributed by atoms with Gasteiger partial charge < -0.3 is 15.0 Å². The molecule has 0 heterocycles. The van der Waals surface area contributed by atoms with E-state index in [0.29, 0.717) is 17.9 Å². The van der Waals surface area contributed by atoms with Crippen molar-refractivity contribution in [3.8, 4) is 5.75 Å². The zero-order valence-electron chi connectivity index (χ0n) is 22.4. The number of hydrogen-bond donors (Lipinski definition) is 1. The predicted molar refractivity (Wildman–Crippen MR) is 144 cm³/mol. The van der Waals surface area contributed by atoms with Gasteiger partial charge in [0, 0.05) is 12.6 Å². The summed E-state index contributed by atoms with van der Waals surface area (Å²) in [5.41, 5.74) is 2.91. The maximum Gasteiger partial charge on any atom is 0.244 e. The normalized spacial score (nSPS) is 13.0. The van der Waals surface area contributed by atoms with Gasteiger partial charge in [0.1, 0.15) is 18.3 Å². The topological polar surface area (TPSA) is 96.0 Å². The third-order valence-electron chi connectivity index (χ3n) is 6.40. The van der Waals surface area contributed by atoms with E-state index in [1.54, 1.807) is 31.4 Å². The van der Waals surface area contributed by atoms with Crippen LogP contribution in [-0.2, 0) is 26.2 Å². The fourth-order valence-electron chi connectivity index (χ4n) is 3.93. The van der Waals surface area contributed by atoms with Crippen LogP contribution in [0.3, 0.4) is 0 Å². The van der Waals surface area contributed by atoms with Gasteiger partial charge in [-0.15, -0.1) is 0 Å². The van der Waals surface area contributed by atoms with Crippen LogP contribution in [0.1, 0.15) is 50.3 Å². The summed E-state index contributed by atoms with van der Waals surface area (Å²) in [6.07, 6.45) is 2.21. The molecule has 0 aliphatic heterocycles. The minimum absolute atomic E-state index is 0.0530. The Morgan fingerprint density at radius 2 is 1.72 bits per heavy atom. The second-order valence-electron chi connectivity index (χ2n) is 9.10. The molecular formula is C27H39N3O5S. The van der Waals surface area contributed by atoms with Gasteiger partial charge in [-0.2, -0.15) is 0 Å². The molecule has 0 saturated heterocycles.